The molecule has 0 spiro atoms. The fraction of sp³-hybridized carbons (Fsp3) is 0.857. The quantitative estimate of drug-likeness (QED) is 0.422. The van der Waals surface area contributed by atoms with Crippen LogP contribution < -0.4 is 5.32 Å². The number of hydrogen-bond acceptors (Lipinski definition) is 1. The van der Waals surface area contributed by atoms with Crippen LogP contribution in [-0.2, 0) is 0 Å². The minimum Gasteiger partial charge on any atom is -0.311 e. The van der Waals surface area contributed by atoms with Crippen molar-refractivity contribution in [3.05, 3.63) is 23.6 Å². The molecule has 0 amide bonds. The molecule has 0 aromatic heterocycles. The molecular weight excluding hydrogens is 378 g/mol. The Morgan fingerprint density at radius 2 is 1.20 bits per heavy atom. The third-order valence-electron chi connectivity index (χ3n) is 9.38. The highest BCUT2D eigenvalue weighted by molar-refractivity contribution is 6.89. The van der Waals surface area contributed by atoms with Gasteiger partial charge in [-0.05, 0) is 68.4 Å². The van der Waals surface area contributed by atoms with E-state index in [9.17, 15) is 0 Å². The Labute approximate surface area is 188 Å². The molecule has 2 heteroatoms. The van der Waals surface area contributed by atoms with Gasteiger partial charge in [0.05, 0.1) is 0 Å². The zero-order valence-corrected chi connectivity index (χ0v) is 20.9. The van der Waals surface area contributed by atoms with Crippen molar-refractivity contribution in [1.29, 1.82) is 0 Å². The van der Waals surface area contributed by atoms with E-state index in [0.717, 1.165) is 23.3 Å². The minimum absolute atomic E-state index is 0.647. The highest BCUT2D eigenvalue weighted by Gasteiger charge is 2.34. The van der Waals surface area contributed by atoms with Crippen molar-refractivity contribution in [3.63, 3.8) is 0 Å². The number of allylic oxidation sites excluding steroid dienone is 1. The summed E-state index contributed by atoms with van der Waals surface area (Å²) >= 11 is 0. The van der Waals surface area contributed by atoms with Gasteiger partial charge in [0.25, 0.3) is 0 Å². The van der Waals surface area contributed by atoms with Crippen molar-refractivity contribution in [3.8, 4) is 0 Å². The first-order chi connectivity index (χ1) is 14.7. The van der Waals surface area contributed by atoms with E-state index < -0.39 is 8.07 Å². The molecule has 1 aliphatic heterocycles. The van der Waals surface area contributed by atoms with E-state index in [4.69, 9.17) is 0 Å². The summed E-state index contributed by atoms with van der Waals surface area (Å²) in [7, 11) is -1.47. The summed E-state index contributed by atoms with van der Waals surface area (Å²) in [5.41, 5.74) is 6.56. The van der Waals surface area contributed by atoms with Gasteiger partial charge in [-0.15, -0.1) is 0 Å². The van der Waals surface area contributed by atoms with Gasteiger partial charge in [0.2, 0.25) is 0 Å². The lowest BCUT2D eigenvalue weighted by molar-refractivity contribution is 0.180. The molecule has 0 bridgehead atoms. The second kappa shape index (κ2) is 11.5. The average molecular weight is 428 g/mol. The summed E-state index contributed by atoms with van der Waals surface area (Å²) in [6.45, 7) is 3.91. The highest BCUT2D eigenvalue weighted by atomic mass is 28.3. The normalized spacial score (nSPS) is 35.0. The zero-order valence-electron chi connectivity index (χ0n) is 19.9. The molecule has 3 aliphatic carbocycles. The first-order valence-electron chi connectivity index (χ1n) is 13.8. The van der Waals surface area contributed by atoms with Crippen molar-refractivity contribution in [2.24, 2.45) is 17.8 Å². The van der Waals surface area contributed by atoms with Crippen molar-refractivity contribution < 1.29 is 0 Å². The van der Waals surface area contributed by atoms with Gasteiger partial charge in [-0.2, -0.15) is 0 Å². The lowest BCUT2D eigenvalue weighted by atomic mass is 9.71. The van der Waals surface area contributed by atoms with Gasteiger partial charge >= 0.3 is 0 Å². The Kier molecular flexibility index (Phi) is 8.75. The van der Waals surface area contributed by atoms with E-state index in [1.54, 1.807) is 0 Å². The molecule has 170 valence electrons. The summed E-state index contributed by atoms with van der Waals surface area (Å²) in [5, 5.41) is 3.75. The Bertz CT molecular complexity index is 543. The Balaban J connectivity index is 1.35. The molecule has 2 unspecified atom stereocenters. The van der Waals surface area contributed by atoms with Gasteiger partial charge in [0.15, 0.2) is 0 Å². The molecule has 1 heterocycles. The molecule has 1 nitrogen and oxygen atoms in total. The summed E-state index contributed by atoms with van der Waals surface area (Å²) in [5.74, 6) is 3.02. The van der Waals surface area contributed by atoms with Gasteiger partial charge in [0.1, 0.15) is 8.07 Å². The molecule has 4 fully saturated rings. The Morgan fingerprint density at radius 1 is 0.600 bits per heavy atom. The lowest BCUT2D eigenvalue weighted by Crippen LogP contribution is -2.37. The third kappa shape index (κ3) is 6.34. The lowest BCUT2D eigenvalue weighted by Gasteiger charge is -2.37. The second-order valence-corrected chi connectivity index (χ2v) is 15.8. The van der Waals surface area contributed by atoms with Crippen LogP contribution in [0.2, 0.25) is 12.1 Å². The largest absolute Gasteiger partial charge is 0.311 e. The summed E-state index contributed by atoms with van der Waals surface area (Å²) in [6, 6.07) is 0.647. The van der Waals surface area contributed by atoms with Gasteiger partial charge in [-0.1, -0.05) is 101 Å². The number of hydrogen-bond donors (Lipinski definition) is 1. The van der Waals surface area contributed by atoms with E-state index in [1.165, 1.54) is 116 Å². The van der Waals surface area contributed by atoms with Crippen LogP contribution in [0.4, 0.5) is 0 Å². The Hall–Kier alpha value is -0.343. The predicted octanol–water partition coefficient (Wildman–Crippen LogP) is 8.12. The number of piperidine rings is 1. The van der Waals surface area contributed by atoms with Crippen molar-refractivity contribution >= 4 is 8.07 Å². The van der Waals surface area contributed by atoms with Crippen LogP contribution in [0.5, 0.6) is 0 Å². The maximum atomic E-state index is 3.75. The Morgan fingerprint density at radius 3 is 1.87 bits per heavy atom. The molecule has 1 saturated heterocycles. The topological polar surface area (TPSA) is 12.0 Å². The molecule has 0 aromatic carbocycles. The van der Waals surface area contributed by atoms with Gasteiger partial charge < -0.3 is 5.32 Å². The van der Waals surface area contributed by atoms with Crippen molar-refractivity contribution in [1.82, 2.24) is 5.32 Å². The third-order valence-corrected chi connectivity index (χ3v) is 13.5. The minimum atomic E-state index is -1.47. The molecule has 30 heavy (non-hydrogen) atoms. The smallest absolute Gasteiger partial charge is 0.101 e. The van der Waals surface area contributed by atoms with Crippen LogP contribution in [0, 0.1) is 17.8 Å². The fourth-order valence-corrected chi connectivity index (χ4v) is 10.8. The SMILES string of the molecule is C[Si](C=CC1CCC(C2CCCCC2)CC1)(C=CC1CCCCN1)C1CCCCC1. The summed E-state index contributed by atoms with van der Waals surface area (Å²) in [4.78, 5) is 0. The van der Waals surface area contributed by atoms with Gasteiger partial charge in [-0.3, -0.25) is 0 Å². The van der Waals surface area contributed by atoms with Crippen LogP contribution >= 0.6 is 0 Å². The van der Waals surface area contributed by atoms with Crippen LogP contribution in [0.15, 0.2) is 23.6 Å². The molecule has 4 rings (SSSR count). The monoisotopic (exact) mass is 427 g/mol. The fourth-order valence-electron chi connectivity index (χ4n) is 7.18. The molecular formula is C28H49NSi. The first-order valence-corrected chi connectivity index (χ1v) is 16.6. The molecule has 2 atom stereocenters. The standard InChI is InChI=1S/C28H49NSi/c1-30(28-13-6-3-7-14-28,23-20-27-12-8-9-21-29-27)22-19-24-15-17-26(18-16-24)25-10-4-2-5-11-25/h19-20,22-29H,2-18,21H2,1H3. The zero-order chi connectivity index (χ0) is 20.7. The molecule has 0 radical (unpaired) electrons. The van der Waals surface area contributed by atoms with Crippen molar-refractivity contribution in [2.75, 3.05) is 6.54 Å². The molecule has 3 saturated carbocycles. The predicted molar refractivity (Wildman–Crippen MR) is 134 cm³/mol. The highest BCUT2D eigenvalue weighted by Crippen LogP contribution is 2.42. The summed E-state index contributed by atoms with van der Waals surface area (Å²) in [6.07, 6.45) is 30.4. The van der Waals surface area contributed by atoms with Crippen LogP contribution in [-0.4, -0.2) is 20.7 Å². The molecule has 4 aliphatic rings. The van der Waals surface area contributed by atoms with Crippen LogP contribution in [0.25, 0.3) is 0 Å². The maximum Gasteiger partial charge on any atom is 0.101 e. The van der Waals surface area contributed by atoms with E-state index in [1.807, 2.05) is 0 Å². The van der Waals surface area contributed by atoms with E-state index in [2.05, 4.69) is 35.4 Å². The van der Waals surface area contributed by atoms with Crippen LogP contribution in [0.1, 0.15) is 109 Å². The van der Waals surface area contributed by atoms with Gasteiger partial charge in [0, 0.05) is 6.04 Å². The number of nitrogens with one attached hydrogen (secondary N) is 1. The van der Waals surface area contributed by atoms with Crippen molar-refractivity contribution in [2.45, 2.75) is 127 Å². The van der Waals surface area contributed by atoms with E-state index >= 15 is 0 Å². The number of rotatable bonds is 6. The molecule has 1 N–H and O–H groups in total. The molecule has 0 aromatic rings. The van der Waals surface area contributed by atoms with Crippen LogP contribution in [0.3, 0.4) is 0 Å². The second-order valence-electron chi connectivity index (χ2n) is 11.5. The van der Waals surface area contributed by atoms with Gasteiger partial charge in [-0.25, -0.2) is 0 Å². The average Bonchev–Trinajstić information content (AvgIpc) is 2.84. The maximum absolute atomic E-state index is 3.75. The first kappa shape index (κ1) is 22.8. The summed E-state index contributed by atoms with van der Waals surface area (Å²) < 4.78 is 0. The van der Waals surface area contributed by atoms with E-state index in [0.29, 0.717) is 6.04 Å². The van der Waals surface area contributed by atoms with E-state index in [-0.39, 0.29) is 0 Å².